The molecule has 0 saturated carbocycles. The SMILES string of the molecule is CCOc1cc([C@H]2Nc3ccccc3-c3nnc(SC)nc3O2)cc(Br)c1OC. The predicted octanol–water partition coefficient (Wildman–Crippen LogP) is 4.93. The molecule has 0 unspecified atom stereocenters. The molecule has 29 heavy (non-hydrogen) atoms. The maximum Gasteiger partial charge on any atom is 0.247 e. The van der Waals surface area contributed by atoms with E-state index in [0.29, 0.717) is 34.8 Å². The van der Waals surface area contributed by atoms with Gasteiger partial charge in [0.25, 0.3) is 0 Å². The number of methoxy groups -OCH3 is 1. The molecule has 0 aliphatic carbocycles. The van der Waals surface area contributed by atoms with E-state index in [9.17, 15) is 0 Å². The number of benzene rings is 2. The smallest absolute Gasteiger partial charge is 0.247 e. The van der Waals surface area contributed by atoms with Gasteiger partial charge in [-0.05, 0) is 47.3 Å². The van der Waals surface area contributed by atoms with Crippen LogP contribution in [0.2, 0.25) is 0 Å². The molecule has 150 valence electrons. The van der Waals surface area contributed by atoms with Gasteiger partial charge in [-0.1, -0.05) is 30.0 Å². The average Bonchev–Trinajstić information content (AvgIpc) is 2.90. The molecule has 0 spiro atoms. The number of nitrogens with one attached hydrogen (secondary N) is 1. The van der Waals surface area contributed by atoms with E-state index in [1.807, 2.05) is 49.6 Å². The van der Waals surface area contributed by atoms with E-state index in [-0.39, 0.29) is 0 Å². The molecule has 2 aromatic carbocycles. The highest BCUT2D eigenvalue weighted by Gasteiger charge is 2.27. The van der Waals surface area contributed by atoms with Gasteiger partial charge in [0.2, 0.25) is 11.0 Å². The Morgan fingerprint density at radius 3 is 2.83 bits per heavy atom. The van der Waals surface area contributed by atoms with Gasteiger partial charge in [-0.2, -0.15) is 4.98 Å². The van der Waals surface area contributed by atoms with Crippen molar-refractivity contribution in [1.29, 1.82) is 0 Å². The second kappa shape index (κ2) is 8.46. The normalized spacial score (nSPS) is 14.7. The number of halogens is 1. The third-order valence-corrected chi connectivity index (χ3v) is 5.48. The van der Waals surface area contributed by atoms with Crippen LogP contribution in [0.1, 0.15) is 18.7 Å². The summed E-state index contributed by atoms with van der Waals surface area (Å²) in [5, 5.41) is 12.5. The quantitative estimate of drug-likeness (QED) is 0.521. The molecule has 1 aliphatic heterocycles. The monoisotopic (exact) mass is 474 g/mol. The number of hydrogen-bond donors (Lipinski definition) is 1. The van der Waals surface area contributed by atoms with Crippen molar-refractivity contribution < 1.29 is 14.2 Å². The highest BCUT2D eigenvalue weighted by Crippen LogP contribution is 2.42. The van der Waals surface area contributed by atoms with Gasteiger partial charge in [0, 0.05) is 16.8 Å². The van der Waals surface area contributed by atoms with Crippen LogP contribution >= 0.6 is 27.7 Å². The maximum atomic E-state index is 6.27. The van der Waals surface area contributed by atoms with Crippen LogP contribution in [0.4, 0.5) is 5.69 Å². The number of aromatic nitrogens is 3. The van der Waals surface area contributed by atoms with Crippen LogP contribution < -0.4 is 19.5 Å². The standard InChI is InChI=1S/C20H19BrN4O3S/c1-4-27-15-10-11(9-13(21)17(15)26-2)18-22-14-8-6-5-7-12(14)16-19(28-18)23-20(29-3)25-24-16/h5-10,18,22H,4H2,1-3H3/t18-/m0/s1. The van der Waals surface area contributed by atoms with Gasteiger partial charge < -0.3 is 19.5 Å². The number of anilines is 1. The van der Waals surface area contributed by atoms with Gasteiger partial charge in [-0.3, -0.25) is 0 Å². The molecule has 0 fully saturated rings. The lowest BCUT2D eigenvalue weighted by atomic mass is 10.1. The first-order valence-electron chi connectivity index (χ1n) is 8.96. The molecule has 4 rings (SSSR count). The Bertz CT molecular complexity index is 1050. The van der Waals surface area contributed by atoms with Crippen molar-refractivity contribution in [1.82, 2.24) is 15.2 Å². The fourth-order valence-corrected chi connectivity index (χ4v) is 4.00. The number of thioether (sulfide) groups is 1. The number of hydrogen-bond acceptors (Lipinski definition) is 8. The van der Waals surface area contributed by atoms with Gasteiger partial charge in [0.1, 0.15) is 0 Å². The maximum absolute atomic E-state index is 6.27. The number of nitrogens with zero attached hydrogens (tertiary/aromatic N) is 3. The lowest BCUT2D eigenvalue weighted by Gasteiger charge is -2.21. The molecule has 1 atom stereocenters. The van der Waals surface area contributed by atoms with Crippen molar-refractivity contribution in [2.24, 2.45) is 0 Å². The van der Waals surface area contributed by atoms with Crippen molar-refractivity contribution in [2.45, 2.75) is 18.3 Å². The summed E-state index contributed by atoms with van der Waals surface area (Å²) < 4.78 is 18.3. The lowest BCUT2D eigenvalue weighted by Crippen LogP contribution is -2.17. The molecular weight excluding hydrogens is 456 g/mol. The molecule has 9 heteroatoms. The summed E-state index contributed by atoms with van der Waals surface area (Å²) in [5.41, 5.74) is 3.23. The first-order chi connectivity index (χ1) is 14.1. The fourth-order valence-electron chi connectivity index (χ4n) is 3.08. The minimum Gasteiger partial charge on any atom is -0.492 e. The number of fused-ring (bicyclic) bond motifs is 3. The summed E-state index contributed by atoms with van der Waals surface area (Å²) in [6, 6.07) is 11.7. The van der Waals surface area contributed by atoms with E-state index in [0.717, 1.165) is 21.3 Å². The van der Waals surface area contributed by atoms with E-state index >= 15 is 0 Å². The molecule has 0 amide bonds. The first-order valence-corrected chi connectivity index (χ1v) is 11.0. The van der Waals surface area contributed by atoms with E-state index in [1.165, 1.54) is 11.8 Å². The van der Waals surface area contributed by atoms with Crippen molar-refractivity contribution in [2.75, 3.05) is 25.3 Å². The molecule has 1 aliphatic rings. The third-order valence-electron chi connectivity index (χ3n) is 4.35. The lowest BCUT2D eigenvalue weighted by molar-refractivity contribution is 0.224. The second-order valence-corrected chi connectivity index (χ2v) is 7.73. The molecule has 7 nitrogen and oxygen atoms in total. The van der Waals surface area contributed by atoms with E-state index in [4.69, 9.17) is 14.2 Å². The predicted molar refractivity (Wildman–Crippen MR) is 116 cm³/mol. The summed E-state index contributed by atoms with van der Waals surface area (Å²) in [7, 11) is 1.61. The Hall–Kier alpha value is -2.52. The van der Waals surface area contributed by atoms with Crippen molar-refractivity contribution in [3.05, 3.63) is 46.4 Å². The molecule has 0 saturated heterocycles. The van der Waals surface area contributed by atoms with Crippen LogP contribution in [0.5, 0.6) is 17.4 Å². The Labute approximate surface area is 181 Å². The highest BCUT2D eigenvalue weighted by atomic mass is 79.9. The Kier molecular flexibility index (Phi) is 5.77. The van der Waals surface area contributed by atoms with Crippen LogP contribution in [0.3, 0.4) is 0 Å². The largest absolute Gasteiger partial charge is 0.492 e. The van der Waals surface area contributed by atoms with Gasteiger partial charge in [0.05, 0.1) is 18.2 Å². The van der Waals surface area contributed by atoms with Crippen LogP contribution in [0, 0.1) is 0 Å². The Morgan fingerprint density at radius 1 is 1.24 bits per heavy atom. The molecular formula is C20H19BrN4O3S. The summed E-state index contributed by atoms with van der Waals surface area (Å²) in [6.07, 6.45) is 1.39. The summed E-state index contributed by atoms with van der Waals surface area (Å²) in [4.78, 5) is 4.54. The molecule has 2 heterocycles. The van der Waals surface area contributed by atoms with E-state index < -0.39 is 6.23 Å². The van der Waals surface area contributed by atoms with Crippen molar-refractivity contribution in [3.8, 4) is 28.6 Å². The van der Waals surface area contributed by atoms with Crippen LogP contribution in [0.25, 0.3) is 11.3 Å². The molecule has 0 radical (unpaired) electrons. The Morgan fingerprint density at radius 2 is 2.07 bits per heavy atom. The third kappa shape index (κ3) is 3.84. The first kappa shape index (κ1) is 19.8. The molecule has 0 bridgehead atoms. The fraction of sp³-hybridized carbons (Fsp3) is 0.250. The van der Waals surface area contributed by atoms with Crippen molar-refractivity contribution >= 4 is 33.4 Å². The zero-order chi connectivity index (χ0) is 20.4. The zero-order valence-corrected chi connectivity index (χ0v) is 18.5. The van der Waals surface area contributed by atoms with Gasteiger partial charge >= 0.3 is 0 Å². The van der Waals surface area contributed by atoms with Crippen LogP contribution in [0.15, 0.2) is 46.0 Å². The Balaban J connectivity index is 1.84. The summed E-state index contributed by atoms with van der Waals surface area (Å²) >= 11 is 4.98. The van der Waals surface area contributed by atoms with Gasteiger partial charge in [-0.25, -0.2) is 0 Å². The molecule has 1 N–H and O–H groups in total. The summed E-state index contributed by atoms with van der Waals surface area (Å²) in [5.74, 6) is 1.70. The minimum absolute atomic E-state index is 0.428. The topological polar surface area (TPSA) is 78.4 Å². The van der Waals surface area contributed by atoms with Gasteiger partial charge in [-0.15, -0.1) is 10.2 Å². The van der Waals surface area contributed by atoms with E-state index in [2.05, 4.69) is 36.4 Å². The molecule has 3 aromatic rings. The van der Waals surface area contributed by atoms with E-state index in [1.54, 1.807) is 7.11 Å². The average molecular weight is 475 g/mol. The van der Waals surface area contributed by atoms with Crippen LogP contribution in [-0.2, 0) is 0 Å². The second-order valence-electron chi connectivity index (χ2n) is 6.11. The molecule has 1 aromatic heterocycles. The zero-order valence-electron chi connectivity index (χ0n) is 16.1. The number of para-hydroxylation sites is 1. The highest BCUT2D eigenvalue weighted by molar-refractivity contribution is 9.10. The van der Waals surface area contributed by atoms with Crippen molar-refractivity contribution in [3.63, 3.8) is 0 Å². The summed E-state index contributed by atoms with van der Waals surface area (Å²) in [6.45, 7) is 2.45. The number of ether oxygens (including phenoxy) is 3. The van der Waals surface area contributed by atoms with Crippen LogP contribution in [-0.4, -0.2) is 35.2 Å². The van der Waals surface area contributed by atoms with Gasteiger partial charge in [0.15, 0.2) is 23.4 Å². The number of rotatable bonds is 5. The minimum atomic E-state index is -0.509.